The smallest absolute Gasteiger partial charge is 0.0292 e. The summed E-state index contributed by atoms with van der Waals surface area (Å²) in [5, 5.41) is 0. The number of rotatable bonds is 5. The molecule has 1 aromatic carbocycles. The molecule has 2 nitrogen and oxygen atoms in total. The molecule has 0 aliphatic rings. The second kappa shape index (κ2) is 5.89. The Labute approximate surface area is 92.7 Å². The quantitative estimate of drug-likeness (QED) is 0.777. The summed E-state index contributed by atoms with van der Waals surface area (Å²) in [6.45, 7) is 4.22. The molecule has 1 aromatic rings. The molecule has 0 saturated heterocycles. The molecule has 0 fully saturated rings. The highest BCUT2D eigenvalue weighted by Crippen LogP contribution is 2.16. The number of hydrogen-bond donors (Lipinski definition) is 2. The largest absolute Gasteiger partial charge is 0.327 e. The maximum absolute atomic E-state index is 6.00. The molecule has 15 heavy (non-hydrogen) atoms. The van der Waals surface area contributed by atoms with Crippen LogP contribution in [0.4, 0.5) is 0 Å². The highest BCUT2D eigenvalue weighted by Gasteiger charge is 2.05. The van der Waals surface area contributed by atoms with Gasteiger partial charge in [-0.15, -0.1) is 0 Å². The lowest BCUT2D eigenvalue weighted by Gasteiger charge is -2.13. The fourth-order valence-corrected chi connectivity index (χ4v) is 1.63. The van der Waals surface area contributed by atoms with Gasteiger partial charge >= 0.3 is 0 Å². The van der Waals surface area contributed by atoms with Crippen LogP contribution in [0.2, 0.25) is 0 Å². The van der Waals surface area contributed by atoms with Crippen molar-refractivity contribution < 1.29 is 0 Å². The molecule has 0 aliphatic carbocycles. The zero-order chi connectivity index (χ0) is 11.3. The van der Waals surface area contributed by atoms with E-state index in [-0.39, 0.29) is 12.1 Å². The van der Waals surface area contributed by atoms with Crippen molar-refractivity contribution in [3.63, 3.8) is 0 Å². The SMILES string of the molecule is CCC(N)Cc1cccc(C(N)CC)c1. The number of hydrogen-bond acceptors (Lipinski definition) is 2. The molecule has 0 aromatic heterocycles. The van der Waals surface area contributed by atoms with Crippen LogP contribution in [0.1, 0.15) is 43.9 Å². The topological polar surface area (TPSA) is 52.0 Å². The zero-order valence-electron chi connectivity index (χ0n) is 9.74. The summed E-state index contributed by atoms with van der Waals surface area (Å²) < 4.78 is 0. The Morgan fingerprint density at radius 1 is 1.13 bits per heavy atom. The summed E-state index contributed by atoms with van der Waals surface area (Å²) >= 11 is 0. The van der Waals surface area contributed by atoms with Gasteiger partial charge in [-0.3, -0.25) is 0 Å². The maximum atomic E-state index is 6.00. The van der Waals surface area contributed by atoms with Gasteiger partial charge in [-0.2, -0.15) is 0 Å². The summed E-state index contributed by atoms with van der Waals surface area (Å²) in [7, 11) is 0. The molecule has 2 heteroatoms. The van der Waals surface area contributed by atoms with Gasteiger partial charge in [-0.1, -0.05) is 38.1 Å². The molecule has 0 radical (unpaired) electrons. The average Bonchev–Trinajstić information content (AvgIpc) is 2.28. The van der Waals surface area contributed by atoms with Crippen LogP contribution in [0.3, 0.4) is 0 Å². The first-order valence-electron chi connectivity index (χ1n) is 5.77. The third kappa shape index (κ3) is 3.65. The molecule has 0 amide bonds. The van der Waals surface area contributed by atoms with Gasteiger partial charge in [0.1, 0.15) is 0 Å². The van der Waals surface area contributed by atoms with Gasteiger partial charge in [0.2, 0.25) is 0 Å². The lowest BCUT2D eigenvalue weighted by atomic mass is 9.99. The molecule has 0 heterocycles. The summed E-state index contributed by atoms with van der Waals surface area (Å²) in [6, 6.07) is 8.89. The first kappa shape index (κ1) is 12.2. The van der Waals surface area contributed by atoms with Gasteiger partial charge in [0.15, 0.2) is 0 Å². The molecule has 2 atom stereocenters. The van der Waals surface area contributed by atoms with Crippen LogP contribution in [-0.2, 0) is 6.42 Å². The molecule has 1 rings (SSSR count). The molecule has 0 bridgehead atoms. The van der Waals surface area contributed by atoms with Crippen LogP contribution >= 0.6 is 0 Å². The maximum Gasteiger partial charge on any atom is 0.0292 e. The van der Waals surface area contributed by atoms with E-state index >= 15 is 0 Å². The van der Waals surface area contributed by atoms with Crippen molar-refractivity contribution in [3.05, 3.63) is 35.4 Å². The van der Waals surface area contributed by atoms with E-state index in [0.717, 1.165) is 19.3 Å². The average molecular weight is 206 g/mol. The van der Waals surface area contributed by atoms with Crippen LogP contribution in [0.25, 0.3) is 0 Å². The minimum Gasteiger partial charge on any atom is -0.327 e. The van der Waals surface area contributed by atoms with E-state index in [1.807, 2.05) is 0 Å². The summed E-state index contributed by atoms with van der Waals surface area (Å²) in [5.41, 5.74) is 14.4. The first-order chi connectivity index (χ1) is 7.17. The summed E-state index contributed by atoms with van der Waals surface area (Å²) in [5.74, 6) is 0. The van der Waals surface area contributed by atoms with Gasteiger partial charge in [0.05, 0.1) is 0 Å². The third-order valence-electron chi connectivity index (χ3n) is 2.84. The Balaban J connectivity index is 2.74. The minimum absolute atomic E-state index is 0.155. The van der Waals surface area contributed by atoms with Gasteiger partial charge in [0.25, 0.3) is 0 Å². The van der Waals surface area contributed by atoms with Crippen molar-refractivity contribution in [3.8, 4) is 0 Å². The lowest BCUT2D eigenvalue weighted by Crippen LogP contribution is -2.21. The highest BCUT2D eigenvalue weighted by atomic mass is 14.6. The minimum atomic E-state index is 0.155. The van der Waals surface area contributed by atoms with Crippen molar-refractivity contribution in [1.29, 1.82) is 0 Å². The van der Waals surface area contributed by atoms with Crippen molar-refractivity contribution in [2.75, 3.05) is 0 Å². The predicted molar refractivity (Wildman–Crippen MR) is 65.6 cm³/mol. The lowest BCUT2D eigenvalue weighted by molar-refractivity contribution is 0.643. The van der Waals surface area contributed by atoms with E-state index in [9.17, 15) is 0 Å². The van der Waals surface area contributed by atoms with Crippen LogP contribution in [-0.4, -0.2) is 6.04 Å². The van der Waals surface area contributed by atoms with Crippen LogP contribution in [0, 0.1) is 0 Å². The predicted octanol–water partition coefficient (Wildman–Crippen LogP) is 2.38. The van der Waals surface area contributed by atoms with Crippen molar-refractivity contribution >= 4 is 0 Å². The Morgan fingerprint density at radius 2 is 1.87 bits per heavy atom. The molecule has 0 saturated carbocycles. The monoisotopic (exact) mass is 206 g/mol. The first-order valence-corrected chi connectivity index (χ1v) is 5.77. The van der Waals surface area contributed by atoms with Crippen molar-refractivity contribution in [2.45, 2.75) is 45.2 Å². The van der Waals surface area contributed by atoms with Crippen LogP contribution in [0.5, 0.6) is 0 Å². The fraction of sp³-hybridized carbons (Fsp3) is 0.538. The molecule has 84 valence electrons. The molecule has 0 spiro atoms. The second-order valence-electron chi connectivity index (χ2n) is 4.13. The zero-order valence-corrected chi connectivity index (χ0v) is 9.74. The second-order valence-corrected chi connectivity index (χ2v) is 4.13. The molecular formula is C13H22N2. The fourth-order valence-electron chi connectivity index (χ4n) is 1.63. The Morgan fingerprint density at radius 3 is 2.47 bits per heavy atom. The van der Waals surface area contributed by atoms with E-state index < -0.39 is 0 Å². The van der Waals surface area contributed by atoms with Crippen LogP contribution in [0.15, 0.2) is 24.3 Å². The van der Waals surface area contributed by atoms with Crippen molar-refractivity contribution in [1.82, 2.24) is 0 Å². The van der Waals surface area contributed by atoms with Gasteiger partial charge in [-0.05, 0) is 30.4 Å². The highest BCUT2D eigenvalue weighted by molar-refractivity contribution is 5.26. The van der Waals surface area contributed by atoms with Crippen molar-refractivity contribution in [2.24, 2.45) is 11.5 Å². The summed E-state index contributed by atoms with van der Waals surface area (Å²) in [6.07, 6.45) is 2.94. The molecule has 4 N–H and O–H groups in total. The number of nitrogens with two attached hydrogens (primary N) is 2. The Kier molecular flexibility index (Phi) is 4.79. The summed E-state index contributed by atoms with van der Waals surface area (Å²) in [4.78, 5) is 0. The van der Waals surface area contributed by atoms with Gasteiger partial charge in [-0.25, -0.2) is 0 Å². The van der Waals surface area contributed by atoms with E-state index in [4.69, 9.17) is 11.5 Å². The van der Waals surface area contributed by atoms with Gasteiger partial charge in [0, 0.05) is 12.1 Å². The van der Waals surface area contributed by atoms with E-state index in [2.05, 4.69) is 38.1 Å². The molecule has 0 aliphatic heterocycles. The molecule has 2 unspecified atom stereocenters. The third-order valence-corrected chi connectivity index (χ3v) is 2.84. The van der Waals surface area contributed by atoms with E-state index in [0.29, 0.717) is 0 Å². The molecular weight excluding hydrogens is 184 g/mol. The van der Waals surface area contributed by atoms with Gasteiger partial charge < -0.3 is 11.5 Å². The Hall–Kier alpha value is -0.860. The standard InChI is InChI=1S/C13H22N2/c1-3-12(14)9-10-6-5-7-11(8-10)13(15)4-2/h5-8,12-13H,3-4,9,14-15H2,1-2H3. The number of benzene rings is 1. The normalized spacial score (nSPS) is 14.9. The van der Waals surface area contributed by atoms with E-state index in [1.54, 1.807) is 0 Å². The van der Waals surface area contributed by atoms with Crippen LogP contribution < -0.4 is 11.5 Å². The van der Waals surface area contributed by atoms with E-state index in [1.165, 1.54) is 11.1 Å². The Bertz CT molecular complexity index is 296.